The van der Waals surface area contributed by atoms with Gasteiger partial charge < -0.3 is 10.7 Å². The van der Waals surface area contributed by atoms with Crippen LogP contribution >= 0.6 is 15.9 Å². The summed E-state index contributed by atoms with van der Waals surface area (Å²) in [5, 5.41) is 0. The lowest BCUT2D eigenvalue weighted by Crippen LogP contribution is -2.10. The van der Waals surface area contributed by atoms with E-state index in [0.29, 0.717) is 15.9 Å². The number of nitrogens with one attached hydrogen (secondary N) is 2. The number of aromatic amines is 2. The molecule has 19 heavy (non-hydrogen) atoms. The first kappa shape index (κ1) is 11.8. The number of nitrogen functional groups attached to an aromatic ring is 1. The van der Waals surface area contributed by atoms with Crippen LogP contribution in [0.5, 0.6) is 0 Å². The molecule has 0 aliphatic rings. The van der Waals surface area contributed by atoms with E-state index in [1.807, 2.05) is 0 Å². The normalized spacial score (nSPS) is 11.1. The Labute approximate surface area is 114 Å². The van der Waals surface area contributed by atoms with Crippen LogP contribution in [-0.2, 0) is 0 Å². The Kier molecular flexibility index (Phi) is 2.59. The van der Waals surface area contributed by atoms with Gasteiger partial charge in [-0.25, -0.2) is 9.37 Å². The van der Waals surface area contributed by atoms with E-state index in [1.54, 1.807) is 6.07 Å². The molecule has 0 saturated carbocycles. The summed E-state index contributed by atoms with van der Waals surface area (Å²) in [6.07, 6.45) is 0. The van der Waals surface area contributed by atoms with Crippen LogP contribution in [0.15, 0.2) is 27.5 Å². The van der Waals surface area contributed by atoms with Crippen LogP contribution in [0, 0.1) is 5.82 Å². The van der Waals surface area contributed by atoms with Gasteiger partial charge in [-0.15, -0.1) is 0 Å². The summed E-state index contributed by atoms with van der Waals surface area (Å²) in [5.74, 6) is 0.0335. The van der Waals surface area contributed by atoms with Crippen molar-refractivity contribution in [3.8, 4) is 11.4 Å². The molecule has 2 aromatic heterocycles. The zero-order chi connectivity index (χ0) is 13.6. The predicted octanol–water partition coefficient (Wildman–Crippen LogP) is 1.80. The van der Waals surface area contributed by atoms with E-state index in [9.17, 15) is 9.18 Å². The Hall–Kier alpha value is -2.22. The molecular formula is C11H7BrFN5O. The summed E-state index contributed by atoms with van der Waals surface area (Å²) in [6.45, 7) is 0. The van der Waals surface area contributed by atoms with Crippen molar-refractivity contribution in [3.63, 3.8) is 0 Å². The Balaban J connectivity index is 2.26. The van der Waals surface area contributed by atoms with Crippen molar-refractivity contribution in [1.29, 1.82) is 0 Å². The minimum Gasteiger partial charge on any atom is -0.369 e. The molecule has 0 unspecified atom stereocenters. The second-order valence-corrected chi connectivity index (χ2v) is 4.71. The average Bonchev–Trinajstić information content (AvgIpc) is 2.72. The van der Waals surface area contributed by atoms with Gasteiger partial charge in [0.15, 0.2) is 11.2 Å². The summed E-state index contributed by atoms with van der Waals surface area (Å²) >= 11 is 3.24. The molecule has 4 N–H and O–H groups in total. The fourth-order valence-electron chi connectivity index (χ4n) is 1.73. The van der Waals surface area contributed by atoms with Crippen LogP contribution in [0.2, 0.25) is 0 Å². The van der Waals surface area contributed by atoms with Gasteiger partial charge >= 0.3 is 0 Å². The first-order valence-corrected chi connectivity index (χ1v) is 6.05. The van der Waals surface area contributed by atoms with E-state index >= 15 is 0 Å². The van der Waals surface area contributed by atoms with E-state index in [0.717, 1.165) is 0 Å². The molecule has 0 saturated heterocycles. The molecule has 2 heterocycles. The highest BCUT2D eigenvalue weighted by Gasteiger charge is 2.12. The largest absolute Gasteiger partial charge is 0.369 e. The quantitative estimate of drug-likeness (QED) is 0.635. The molecule has 0 spiro atoms. The number of fused-ring (bicyclic) bond motifs is 1. The maximum Gasteiger partial charge on any atom is 0.278 e. The molecule has 0 aliphatic heterocycles. The molecule has 3 rings (SSSR count). The molecule has 0 amide bonds. The van der Waals surface area contributed by atoms with Crippen LogP contribution in [0.3, 0.4) is 0 Å². The topological polar surface area (TPSA) is 100 Å². The Bertz CT molecular complexity index is 841. The lowest BCUT2D eigenvalue weighted by molar-refractivity contribution is 0.627. The fraction of sp³-hybridized carbons (Fsp3) is 0. The first-order chi connectivity index (χ1) is 9.04. The minimum atomic E-state index is -0.403. The molecule has 6 nitrogen and oxygen atoms in total. The summed E-state index contributed by atoms with van der Waals surface area (Å²) in [5.41, 5.74) is 6.10. The van der Waals surface area contributed by atoms with Crippen molar-refractivity contribution in [2.24, 2.45) is 0 Å². The average molecular weight is 324 g/mol. The number of benzene rings is 1. The number of nitrogens with zero attached hydrogens (tertiary/aromatic N) is 2. The number of imidazole rings is 1. The third-order valence-corrected chi connectivity index (χ3v) is 3.22. The van der Waals surface area contributed by atoms with Gasteiger partial charge in [0.2, 0.25) is 5.95 Å². The highest BCUT2D eigenvalue weighted by molar-refractivity contribution is 9.10. The number of halogens is 2. The monoisotopic (exact) mass is 323 g/mol. The number of aromatic nitrogens is 4. The van der Waals surface area contributed by atoms with Crippen LogP contribution in [0.1, 0.15) is 0 Å². The Morgan fingerprint density at radius 2 is 2.05 bits per heavy atom. The van der Waals surface area contributed by atoms with Crippen LogP contribution in [-0.4, -0.2) is 19.9 Å². The number of H-pyrrole nitrogens is 2. The predicted molar refractivity (Wildman–Crippen MR) is 72.0 cm³/mol. The number of hydrogen-bond donors (Lipinski definition) is 3. The maximum atomic E-state index is 13.0. The number of nitrogens with two attached hydrogens (primary N) is 1. The van der Waals surface area contributed by atoms with E-state index in [2.05, 4.69) is 35.9 Å². The van der Waals surface area contributed by atoms with Gasteiger partial charge in [0.25, 0.3) is 5.56 Å². The van der Waals surface area contributed by atoms with Gasteiger partial charge in [-0.3, -0.25) is 9.78 Å². The SMILES string of the molecule is Nc1nc2nc(-c3ccc(F)cc3Br)[nH]c2c(=O)[nH]1. The molecule has 1 aromatic carbocycles. The first-order valence-electron chi connectivity index (χ1n) is 5.25. The molecule has 0 radical (unpaired) electrons. The van der Waals surface area contributed by atoms with Crippen molar-refractivity contribution < 1.29 is 4.39 Å². The zero-order valence-corrected chi connectivity index (χ0v) is 11.0. The van der Waals surface area contributed by atoms with Crippen LogP contribution < -0.4 is 11.3 Å². The van der Waals surface area contributed by atoms with Gasteiger partial charge in [0, 0.05) is 10.0 Å². The highest BCUT2D eigenvalue weighted by Crippen LogP contribution is 2.27. The van der Waals surface area contributed by atoms with Gasteiger partial charge in [0.1, 0.15) is 11.6 Å². The van der Waals surface area contributed by atoms with E-state index in [-0.39, 0.29) is 22.9 Å². The number of anilines is 1. The minimum absolute atomic E-state index is 0.00581. The van der Waals surface area contributed by atoms with Gasteiger partial charge in [-0.1, -0.05) is 0 Å². The second kappa shape index (κ2) is 4.16. The number of rotatable bonds is 1. The van der Waals surface area contributed by atoms with E-state index in [4.69, 9.17) is 5.73 Å². The van der Waals surface area contributed by atoms with Crippen molar-refractivity contribution >= 4 is 33.0 Å². The smallest absolute Gasteiger partial charge is 0.278 e. The van der Waals surface area contributed by atoms with Crippen LogP contribution in [0.4, 0.5) is 10.3 Å². The Morgan fingerprint density at radius 3 is 2.79 bits per heavy atom. The van der Waals surface area contributed by atoms with Crippen molar-refractivity contribution in [3.05, 3.63) is 38.8 Å². The molecule has 96 valence electrons. The van der Waals surface area contributed by atoms with Crippen molar-refractivity contribution in [1.82, 2.24) is 19.9 Å². The molecule has 3 aromatic rings. The summed E-state index contributed by atoms with van der Waals surface area (Å²) in [7, 11) is 0. The molecule has 0 fully saturated rings. The lowest BCUT2D eigenvalue weighted by Gasteiger charge is -1.99. The summed E-state index contributed by atoms with van der Waals surface area (Å²) in [6, 6.07) is 4.17. The number of hydrogen-bond acceptors (Lipinski definition) is 4. The molecule has 0 aliphatic carbocycles. The molecule has 8 heteroatoms. The van der Waals surface area contributed by atoms with E-state index in [1.165, 1.54) is 12.1 Å². The lowest BCUT2D eigenvalue weighted by atomic mass is 10.2. The molecular weight excluding hydrogens is 317 g/mol. The zero-order valence-electron chi connectivity index (χ0n) is 9.37. The highest BCUT2D eigenvalue weighted by atomic mass is 79.9. The van der Waals surface area contributed by atoms with Gasteiger partial charge in [-0.05, 0) is 34.1 Å². The van der Waals surface area contributed by atoms with Crippen molar-refractivity contribution in [2.75, 3.05) is 5.73 Å². The second-order valence-electron chi connectivity index (χ2n) is 3.86. The van der Waals surface area contributed by atoms with Crippen LogP contribution in [0.25, 0.3) is 22.6 Å². The molecule has 0 atom stereocenters. The third-order valence-electron chi connectivity index (χ3n) is 2.57. The van der Waals surface area contributed by atoms with Crippen molar-refractivity contribution in [2.45, 2.75) is 0 Å². The Morgan fingerprint density at radius 1 is 1.26 bits per heavy atom. The molecule has 0 bridgehead atoms. The fourth-order valence-corrected chi connectivity index (χ4v) is 2.27. The summed E-state index contributed by atoms with van der Waals surface area (Å²) < 4.78 is 13.6. The summed E-state index contributed by atoms with van der Waals surface area (Å²) in [4.78, 5) is 25.0. The van der Waals surface area contributed by atoms with Gasteiger partial charge in [0.05, 0.1) is 0 Å². The van der Waals surface area contributed by atoms with E-state index < -0.39 is 5.56 Å². The van der Waals surface area contributed by atoms with Gasteiger partial charge in [-0.2, -0.15) is 4.98 Å². The third kappa shape index (κ3) is 1.99. The maximum absolute atomic E-state index is 13.0. The standard InChI is InChI=1S/C11H7BrFN5O/c12-6-3-4(13)1-2-5(6)8-15-7-9(16-8)17-11(14)18-10(7)19/h1-3H,(H4,14,15,16,17,18,19).